The van der Waals surface area contributed by atoms with Crippen LogP contribution in [0.5, 0.6) is 11.5 Å². The Labute approximate surface area is 192 Å². The molecule has 1 saturated carbocycles. The van der Waals surface area contributed by atoms with Crippen LogP contribution in [0.3, 0.4) is 0 Å². The number of piperidine rings is 1. The van der Waals surface area contributed by atoms with Crippen molar-refractivity contribution in [2.75, 3.05) is 26.9 Å². The highest BCUT2D eigenvalue weighted by Gasteiger charge is 2.31. The molecule has 1 aromatic heterocycles. The molecular formula is C26H39N3O3. The van der Waals surface area contributed by atoms with Crippen molar-refractivity contribution in [3.05, 3.63) is 30.0 Å². The van der Waals surface area contributed by atoms with Gasteiger partial charge in [0.05, 0.1) is 12.7 Å². The Hall–Kier alpha value is -1.89. The van der Waals surface area contributed by atoms with Crippen LogP contribution >= 0.6 is 0 Å². The van der Waals surface area contributed by atoms with E-state index in [4.69, 9.17) is 24.9 Å². The Kier molecular flexibility index (Phi) is 7.87. The van der Waals surface area contributed by atoms with Crippen LogP contribution in [0, 0.1) is 0 Å². The molecule has 2 unspecified atom stereocenters. The minimum Gasteiger partial charge on any atom is -0.490 e. The number of nitrogens with two attached hydrogens (primary N) is 1. The van der Waals surface area contributed by atoms with Gasteiger partial charge in [-0.2, -0.15) is 0 Å². The molecule has 0 radical (unpaired) electrons. The predicted molar refractivity (Wildman–Crippen MR) is 129 cm³/mol. The number of benzene rings is 1. The molecule has 2 aromatic rings. The molecule has 2 aliphatic rings. The van der Waals surface area contributed by atoms with Crippen molar-refractivity contribution in [3.63, 3.8) is 0 Å². The zero-order valence-electron chi connectivity index (χ0n) is 19.9. The van der Waals surface area contributed by atoms with E-state index >= 15 is 0 Å². The molecule has 2 N–H and O–H groups in total. The molecule has 1 aliphatic heterocycles. The Morgan fingerprint density at radius 3 is 2.66 bits per heavy atom. The topological polar surface area (TPSA) is 69.8 Å². The summed E-state index contributed by atoms with van der Waals surface area (Å²) in [4.78, 5) is 7.64. The van der Waals surface area contributed by atoms with Crippen molar-refractivity contribution in [2.24, 2.45) is 5.73 Å². The van der Waals surface area contributed by atoms with Crippen molar-refractivity contribution < 1.29 is 14.2 Å². The van der Waals surface area contributed by atoms with Gasteiger partial charge >= 0.3 is 0 Å². The number of rotatable bonds is 9. The molecule has 2 fully saturated rings. The standard InChI is InChI=1S/C26H39N3O3/c1-18(2)29-13-7-11-22(27)23(29)16-19-17-25(31-15-14-30-3)21-10-6-12-24(26(21)28-19)32-20-8-4-5-9-20/h6,10,12,17-18,20,22-23H,4-5,7-9,11,13-16,27H2,1-3H3. The van der Waals surface area contributed by atoms with Crippen LogP contribution < -0.4 is 15.2 Å². The van der Waals surface area contributed by atoms with Crippen LogP contribution in [0.4, 0.5) is 0 Å². The number of hydrogen-bond acceptors (Lipinski definition) is 6. The lowest BCUT2D eigenvalue weighted by atomic mass is 9.91. The number of likely N-dealkylation sites (tertiary alicyclic amines) is 1. The average molecular weight is 442 g/mol. The van der Waals surface area contributed by atoms with E-state index in [2.05, 4.69) is 30.9 Å². The second-order valence-electron chi connectivity index (χ2n) is 9.54. The monoisotopic (exact) mass is 441 g/mol. The lowest BCUT2D eigenvalue weighted by molar-refractivity contribution is 0.0939. The maximum Gasteiger partial charge on any atom is 0.146 e. The Balaban J connectivity index is 1.68. The van der Waals surface area contributed by atoms with Crippen molar-refractivity contribution in [1.29, 1.82) is 0 Å². The number of hydrogen-bond donors (Lipinski definition) is 1. The number of pyridine rings is 1. The summed E-state index contributed by atoms with van der Waals surface area (Å²) in [6.07, 6.45) is 8.04. The lowest BCUT2D eigenvalue weighted by Crippen LogP contribution is -2.55. The van der Waals surface area contributed by atoms with E-state index in [9.17, 15) is 0 Å². The van der Waals surface area contributed by atoms with Gasteiger partial charge in [0.1, 0.15) is 23.6 Å². The fourth-order valence-electron chi connectivity index (χ4n) is 5.22. The van der Waals surface area contributed by atoms with Gasteiger partial charge in [-0.3, -0.25) is 4.90 Å². The number of methoxy groups -OCH3 is 1. The Morgan fingerprint density at radius 1 is 1.09 bits per heavy atom. The molecule has 0 amide bonds. The molecule has 0 spiro atoms. The van der Waals surface area contributed by atoms with Gasteiger partial charge in [0, 0.05) is 48.8 Å². The minimum absolute atomic E-state index is 0.159. The first-order chi connectivity index (χ1) is 15.6. The highest BCUT2D eigenvalue weighted by Crippen LogP contribution is 2.35. The number of fused-ring (bicyclic) bond motifs is 1. The fraction of sp³-hybridized carbons (Fsp3) is 0.654. The third-order valence-electron chi connectivity index (χ3n) is 6.91. The van der Waals surface area contributed by atoms with Crippen molar-refractivity contribution in [3.8, 4) is 11.5 Å². The van der Waals surface area contributed by atoms with Crippen LogP contribution in [0.2, 0.25) is 0 Å². The summed E-state index contributed by atoms with van der Waals surface area (Å²) in [5, 5.41) is 0.994. The molecular weight excluding hydrogens is 402 g/mol. The summed E-state index contributed by atoms with van der Waals surface area (Å²) in [6.45, 7) is 6.66. The maximum absolute atomic E-state index is 6.60. The van der Waals surface area contributed by atoms with E-state index in [1.807, 2.05) is 12.1 Å². The molecule has 1 aromatic carbocycles. The van der Waals surface area contributed by atoms with Crippen LogP contribution in [0.25, 0.3) is 10.9 Å². The molecule has 32 heavy (non-hydrogen) atoms. The molecule has 4 rings (SSSR count). The van der Waals surface area contributed by atoms with Crippen molar-refractivity contribution >= 4 is 10.9 Å². The SMILES string of the molecule is COCCOc1cc(CC2C(N)CCCN2C(C)C)nc2c(OC3CCCC3)cccc12. The van der Waals surface area contributed by atoms with Crippen LogP contribution in [-0.4, -0.2) is 61.0 Å². The van der Waals surface area contributed by atoms with Gasteiger partial charge in [0.2, 0.25) is 0 Å². The first-order valence-corrected chi connectivity index (χ1v) is 12.3. The van der Waals surface area contributed by atoms with E-state index in [1.165, 1.54) is 12.8 Å². The summed E-state index contributed by atoms with van der Waals surface area (Å²) in [6, 6.07) is 9.15. The first-order valence-electron chi connectivity index (χ1n) is 12.3. The highest BCUT2D eigenvalue weighted by atomic mass is 16.5. The van der Waals surface area contributed by atoms with Crippen molar-refractivity contribution in [1.82, 2.24) is 9.88 Å². The molecule has 2 heterocycles. The average Bonchev–Trinajstić information content (AvgIpc) is 3.29. The number of ether oxygens (including phenoxy) is 3. The number of nitrogens with zero attached hydrogens (tertiary/aromatic N) is 2. The van der Waals surface area contributed by atoms with E-state index in [0.717, 1.165) is 66.7 Å². The zero-order chi connectivity index (χ0) is 22.5. The normalized spacial score (nSPS) is 22.7. The zero-order valence-corrected chi connectivity index (χ0v) is 19.9. The largest absolute Gasteiger partial charge is 0.490 e. The Bertz CT molecular complexity index is 882. The summed E-state index contributed by atoms with van der Waals surface area (Å²) in [5.41, 5.74) is 8.51. The van der Waals surface area contributed by atoms with E-state index in [1.54, 1.807) is 7.11 Å². The van der Waals surface area contributed by atoms with Gasteiger partial charge in [-0.15, -0.1) is 0 Å². The van der Waals surface area contributed by atoms with Gasteiger partial charge < -0.3 is 19.9 Å². The predicted octanol–water partition coefficient (Wildman–Crippen LogP) is 4.32. The molecule has 6 nitrogen and oxygen atoms in total. The van der Waals surface area contributed by atoms with Gasteiger partial charge in [0.25, 0.3) is 0 Å². The minimum atomic E-state index is 0.159. The molecule has 1 aliphatic carbocycles. The molecule has 176 valence electrons. The van der Waals surface area contributed by atoms with Crippen LogP contribution in [0.1, 0.15) is 58.1 Å². The Morgan fingerprint density at radius 2 is 1.91 bits per heavy atom. The quantitative estimate of drug-likeness (QED) is 0.584. The van der Waals surface area contributed by atoms with Gasteiger partial charge in [-0.05, 0) is 71.0 Å². The summed E-state index contributed by atoms with van der Waals surface area (Å²) in [7, 11) is 1.69. The fourth-order valence-corrected chi connectivity index (χ4v) is 5.22. The number of aromatic nitrogens is 1. The summed E-state index contributed by atoms with van der Waals surface area (Å²) >= 11 is 0. The van der Waals surface area contributed by atoms with Gasteiger partial charge in [-0.25, -0.2) is 4.98 Å². The third-order valence-corrected chi connectivity index (χ3v) is 6.91. The summed E-state index contributed by atoms with van der Waals surface area (Å²) < 4.78 is 17.8. The van der Waals surface area contributed by atoms with Crippen LogP contribution in [-0.2, 0) is 11.2 Å². The van der Waals surface area contributed by atoms with E-state index < -0.39 is 0 Å². The van der Waals surface area contributed by atoms with Gasteiger partial charge in [-0.1, -0.05) is 6.07 Å². The molecule has 2 atom stereocenters. The smallest absolute Gasteiger partial charge is 0.146 e. The second-order valence-corrected chi connectivity index (χ2v) is 9.54. The number of para-hydroxylation sites is 1. The molecule has 6 heteroatoms. The van der Waals surface area contributed by atoms with E-state index in [0.29, 0.717) is 19.3 Å². The maximum atomic E-state index is 6.60. The summed E-state index contributed by atoms with van der Waals surface area (Å²) in [5.74, 6) is 1.71. The lowest BCUT2D eigenvalue weighted by Gasteiger charge is -2.42. The second kappa shape index (κ2) is 10.8. The van der Waals surface area contributed by atoms with Crippen LogP contribution in [0.15, 0.2) is 24.3 Å². The highest BCUT2D eigenvalue weighted by molar-refractivity contribution is 5.90. The van der Waals surface area contributed by atoms with E-state index in [-0.39, 0.29) is 18.2 Å². The van der Waals surface area contributed by atoms with Gasteiger partial charge in [0.15, 0.2) is 0 Å². The molecule has 1 saturated heterocycles. The van der Waals surface area contributed by atoms with Crippen molar-refractivity contribution in [2.45, 2.75) is 83.0 Å². The third kappa shape index (κ3) is 5.36. The molecule has 0 bridgehead atoms. The first kappa shape index (κ1) is 23.3.